The summed E-state index contributed by atoms with van der Waals surface area (Å²) < 4.78 is 5.63. The highest BCUT2D eigenvalue weighted by Crippen LogP contribution is 2.33. The van der Waals surface area contributed by atoms with Crippen molar-refractivity contribution in [2.24, 2.45) is 5.41 Å². The summed E-state index contributed by atoms with van der Waals surface area (Å²) >= 11 is 0. The second-order valence-electron chi connectivity index (χ2n) is 7.18. The first kappa shape index (κ1) is 16.3. The van der Waals surface area contributed by atoms with Gasteiger partial charge in [0.05, 0.1) is 0 Å². The van der Waals surface area contributed by atoms with E-state index in [9.17, 15) is 0 Å². The number of hydrogen-bond acceptors (Lipinski definition) is 3. The highest BCUT2D eigenvalue weighted by atomic mass is 16.5. The van der Waals surface area contributed by atoms with E-state index in [0.717, 1.165) is 25.8 Å². The zero-order valence-corrected chi connectivity index (χ0v) is 13.8. The lowest BCUT2D eigenvalue weighted by molar-refractivity contribution is -0.0185. The summed E-state index contributed by atoms with van der Waals surface area (Å²) in [6, 6.07) is 1.40. The smallest absolute Gasteiger partial charge is 0.0472 e. The normalized spacial score (nSPS) is 27.9. The van der Waals surface area contributed by atoms with Crippen molar-refractivity contribution in [1.29, 1.82) is 0 Å². The van der Waals surface area contributed by atoms with Crippen molar-refractivity contribution in [2.45, 2.75) is 71.4 Å². The molecule has 1 unspecified atom stereocenters. The van der Waals surface area contributed by atoms with Gasteiger partial charge in [-0.3, -0.25) is 4.90 Å². The van der Waals surface area contributed by atoms with Gasteiger partial charge in [0.2, 0.25) is 0 Å². The van der Waals surface area contributed by atoms with Crippen molar-refractivity contribution in [3.05, 3.63) is 0 Å². The molecule has 1 atom stereocenters. The molecule has 0 bridgehead atoms. The topological polar surface area (TPSA) is 24.5 Å². The second-order valence-corrected chi connectivity index (χ2v) is 7.18. The fraction of sp³-hybridized carbons (Fsp3) is 1.00. The number of hydrogen-bond donors (Lipinski definition) is 1. The van der Waals surface area contributed by atoms with E-state index in [1.165, 1.54) is 51.6 Å². The number of piperidine rings is 1. The number of likely N-dealkylation sites (tertiary alicyclic amines) is 1. The largest absolute Gasteiger partial charge is 0.381 e. The first-order chi connectivity index (χ1) is 9.65. The molecule has 1 N–H and O–H groups in total. The van der Waals surface area contributed by atoms with Gasteiger partial charge in [-0.05, 0) is 44.1 Å². The predicted octanol–water partition coefficient (Wildman–Crippen LogP) is 3.05. The average molecular weight is 282 g/mol. The quantitative estimate of drug-likeness (QED) is 0.810. The van der Waals surface area contributed by atoms with Crippen LogP contribution in [0.5, 0.6) is 0 Å². The van der Waals surface area contributed by atoms with Crippen LogP contribution in [0.25, 0.3) is 0 Å². The summed E-state index contributed by atoms with van der Waals surface area (Å²) in [5, 5.41) is 3.70. The summed E-state index contributed by atoms with van der Waals surface area (Å²) in [6.45, 7) is 12.5. The van der Waals surface area contributed by atoms with E-state index in [1.54, 1.807) is 0 Å². The molecule has 2 fully saturated rings. The minimum absolute atomic E-state index is 0.438. The number of ether oxygens (including phenoxy) is 1. The maximum atomic E-state index is 5.63. The average Bonchev–Trinajstić information content (AvgIpc) is 2.47. The van der Waals surface area contributed by atoms with Gasteiger partial charge >= 0.3 is 0 Å². The molecule has 2 heterocycles. The van der Waals surface area contributed by atoms with Crippen LogP contribution in [0.1, 0.15) is 59.3 Å². The highest BCUT2D eigenvalue weighted by Gasteiger charge is 2.36. The molecule has 0 saturated carbocycles. The summed E-state index contributed by atoms with van der Waals surface area (Å²) in [7, 11) is 0. The lowest BCUT2D eigenvalue weighted by Gasteiger charge is -2.45. The molecule has 2 aliphatic rings. The third kappa shape index (κ3) is 4.44. The Morgan fingerprint density at radius 2 is 2.00 bits per heavy atom. The van der Waals surface area contributed by atoms with Crippen molar-refractivity contribution in [3.8, 4) is 0 Å². The molecule has 0 aliphatic carbocycles. The Morgan fingerprint density at radius 1 is 1.25 bits per heavy atom. The Balaban J connectivity index is 1.98. The molecule has 20 heavy (non-hydrogen) atoms. The van der Waals surface area contributed by atoms with E-state index in [4.69, 9.17) is 4.74 Å². The van der Waals surface area contributed by atoms with Crippen LogP contribution in [0.4, 0.5) is 0 Å². The fourth-order valence-corrected chi connectivity index (χ4v) is 3.78. The molecule has 0 aromatic heterocycles. The minimum atomic E-state index is 0.438. The Morgan fingerprint density at radius 3 is 2.65 bits per heavy atom. The monoisotopic (exact) mass is 282 g/mol. The minimum Gasteiger partial charge on any atom is -0.381 e. The maximum absolute atomic E-state index is 5.63. The molecule has 0 spiro atoms. The molecule has 0 aromatic carbocycles. The third-order valence-electron chi connectivity index (χ3n) is 5.20. The second kappa shape index (κ2) is 7.77. The number of nitrogens with zero attached hydrogens (tertiary/aromatic N) is 1. The van der Waals surface area contributed by atoms with Crippen LogP contribution in [0.3, 0.4) is 0 Å². The van der Waals surface area contributed by atoms with Gasteiger partial charge in [0.25, 0.3) is 0 Å². The summed E-state index contributed by atoms with van der Waals surface area (Å²) in [6.07, 6.45) is 7.97. The SMILES string of the molecule is CCC1CCCCN1CC1(CNC(C)C)CCOCC1. The van der Waals surface area contributed by atoms with E-state index in [0.29, 0.717) is 11.5 Å². The van der Waals surface area contributed by atoms with Gasteiger partial charge in [-0.25, -0.2) is 0 Å². The zero-order valence-electron chi connectivity index (χ0n) is 13.8. The molecule has 2 aliphatic heterocycles. The van der Waals surface area contributed by atoms with Crippen LogP contribution in [0.2, 0.25) is 0 Å². The molecular formula is C17H34N2O. The molecule has 2 saturated heterocycles. The molecular weight excluding hydrogens is 248 g/mol. The van der Waals surface area contributed by atoms with E-state index in [1.807, 2.05) is 0 Å². The summed E-state index contributed by atoms with van der Waals surface area (Å²) in [4.78, 5) is 2.79. The Hall–Kier alpha value is -0.120. The molecule has 0 radical (unpaired) electrons. The molecule has 2 rings (SSSR count). The van der Waals surface area contributed by atoms with E-state index < -0.39 is 0 Å². The standard InChI is InChI=1S/C17H34N2O/c1-4-16-7-5-6-10-19(16)14-17(13-18-15(2)3)8-11-20-12-9-17/h15-16,18H,4-14H2,1-3H3. The van der Waals surface area contributed by atoms with Gasteiger partial charge < -0.3 is 10.1 Å². The van der Waals surface area contributed by atoms with Gasteiger partial charge in [-0.1, -0.05) is 27.2 Å². The van der Waals surface area contributed by atoms with Crippen molar-refractivity contribution in [1.82, 2.24) is 10.2 Å². The van der Waals surface area contributed by atoms with Gasteiger partial charge in [0.15, 0.2) is 0 Å². The van der Waals surface area contributed by atoms with Crippen molar-refractivity contribution < 1.29 is 4.74 Å². The Labute approximate surface area is 125 Å². The molecule has 118 valence electrons. The first-order valence-corrected chi connectivity index (χ1v) is 8.70. The van der Waals surface area contributed by atoms with Crippen LogP contribution in [0, 0.1) is 5.41 Å². The van der Waals surface area contributed by atoms with E-state index in [-0.39, 0.29) is 0 Å². The molecule has 3 heteroatoms. The fourth-order valence-electron chi connectivity index (χ4n) is 3.78. The Kier molecular flexibility index (Phi) is 6.31. The molecule has 0 amide bonds. The summed E-state index contributed by atoms with van der Waals surface area (Å²) in [5.41, 5.74) is 0.438. The number of nitrogens with one attached hydrogen (secondary N) is 1. The van der Waals surface area contributed by atoms with Gasteiger partial charge in [-0.15, -0.1) is 0 Å². The van der Waals surface area contributed by atoms with Gasteiger partial charge in [0.1, 0.15) is 0 Å². The summed E-state index contributed by atoms with van der Waals surface area (Å²) in [5.74, 6) is 0. The molecule has 3 nitrogen and oxygen atoms in total. The van der Waals surface area contributed by atoms with Crippen molar-refractivity contribution >= 4 is 0 Å². The van der Waals surface area contributed by atoms with Crippen LogP contribution < -0.4 is 5.32 Å². The van der Waals surface area contributed by atoms with Gasteiger partial charge in [0, 0.05) is 38.4 Å². The Bertz CT molecular complexity index is 274. The van der Waals surface area contributed by atoms with Crippen LogP contribution in [-0.2, 0) is 4.74 Å². The van der Waals surface area contributed by atoms with Crippen LogP contribution in [0.15, 0.2) is 0 Å². The molecule has 0 aromatic rings. The zero-order chi connectivity index (χ0) is 14.4. The van der Waals surface area contributed by atoms with E-state index in [2.05, 4.69) is 31.0 Å². The third-order valence-corrected chi connectivity index (χ3v) is 5.20. The lowest BCUT2D eigenvalue weighted by atomic mass is 9.78. The highest BCUT2D eigenvalue weighted by molar-refractivity contribution is 4.90. The first-order valence-electron chi connectivity index (χ1n) is 8.70. The van der Waals surface area contributed by atoms with E-state index >= 15 is 0 Å². The van der Waals surface area contributed by atoms with Crippen molar-refractivity contribution in [2.75, 3.05) is 32.8 Å². The van der Waals surface area contributed by atoms with Crippen molar-refractivity contribution in [3.63, 3.8) is 0 Å². The van der Waals surface area contributed by atoms with Crippen LogP contribution >= 0.6 is 0 Å². The van der Waals surface area contributed by atoms with Gasteiger partial charge in [-0.2, -0.15) is 0 Å². The lowest BCUT2D eigenvalue weighted by Crippen LogP contribution is -2.52. The number of rotatable bonds is 6. The van der Waals surface area contributed by atoms with Crippen LogP contribution in [-0.4, -0.2) is 49.8 Å². The predicted molar refractivity (Wildman–Crippen MR) is 85.1 cm³/mol. The maximum Gasteiger partial charge on any atom is 0.0472 e.